The topological polar surface area (TPSA) is 86.1 Å². The number of thioether (sulfide) groups is 1. The molecule has 1 amide bonds. The summed E-state index contributed by atoms with van der Waals surface area (Å²) in [5, 5.41) is 12.6. The molecular formula is C19H18N4O3S. The van der Waals surface area contributed by atoms with Gasteiger partial charge in [-0.3, -0.25) is 4.79 Å². The molecule has 0 aliphatic carbocycles. The van der Waals surface area contributed by atoms with Crippen LogP contribution in [0.2, 0.25) is 0 Å². The first-order valence-corrected chi connectivity index (χ1v) is 9.48. The maximum Gasteiger partial charge on any atom is 0.231 e. The molecule has 138 valence electrons. The Labute approximate surface area is 159 Å². The first-order chi connectivity index (χ1) is 13.2. The Bertz CT molecular complexity index is 1010. The van der Waals surface area contributed by atoms with Crippen LogP contribution in [0, 0.1) is 0 Å². The van der Waals surface area contributed by atoms with Gasteiger partial charge in [0.1, 0.15) is 23.4 Å². The van der Waals surface area contributed by atoms with Gasteiger partial charge in [0.05, 0.1) is 24.6 Å². The first-order valence-electron chi connectivity index (χ1n) is 8.50. The molecular weight excluding hydrogens is 364 g/mol. The van der Waals surface area contributed by atoms with Gasteiger partial charge in [0.2, 0.25) is 5.91 Å². The minimum atomic E-state index is -0.216. The number of para-hydroxylation sites is 1. The number of rotatable bonds is 7. The fourth-order valence-electron chi connectivity index (χ4n) is 2.74. The van der Waals surface area contributed by atoms with Gasteiger partial charge in [-0.15, -0.1) is 10.2 Å². The lowest BCUT2D eigenvalue weighted by Gasteiger charge is -2.11. The summed E-state index contributed by atoms with van der Waals surface area (Å²) in [5.41, 5.74) is 0.814. The van der Waals surface area contributed by atoms with Crippen molar-refractivity contribution in [2.24, 2.45) is 0 Å². The third-order valence-corrected chi connectivity index (χ3v) is 5.05. The molecule has 0 spiro atoms. The summed E-state index contributed by atoms with van der Waals surface area (Å²) in [6, 6.07) is 13.2. The molecule has 0 saturated heterocycles. The molecule has 0 fully saturated rings. The molecule has 1 unspecified atom stereocenters. The molecule has 3 aromatic heterocycles. The van der Waals surface area contributed by atoms with Crippen molar-refractivity contribution in [3.63, 3.8) is 0 Å². The van der Waals surface area contributed by atoms with Crippen molar-refractivity contribution in [1.82, 2.24) is 20.1 Å². The van der Waals surface area contributed by atoms with E-state index in [0.717, 1.165) is 22.5 Å². The normalized spacial score (nSPS) is 12.3. The zero-order valence-corrected chi connectivity index (χ0v) is 15.5. The molecule has 4 rings (SSSR count). The second kappa shape index (κ2) is 7.71. The summed E-state index contributed by atoms with van der Waals surface area (Å²) in [7, 11) is 0. The van der Waals surface area contributed by atoms with Crippen LogP contribution in [-0.2, 0) is 11.3 Å². The van der Waals surface area contributed by atoms with Crippen molar-refractivity contribution in [3.8, 4) is 0 Å². The molecule has 7 nitrogen and oxygen atoms in total. The van der Waals surface area contributed by atoms with Crippen LogP contribution in [0.15, 0.2) is 69.0 Å². The summed E-state index contributed by atoms with van der Waals surface area (Å²) in [4.78, 5) is 12.3. The van der Waals surface area contributed by atoms with E-state index >= 15 is 0 Å². The average Bonchev–Trinajstić information content (AvgIpc) is 3.41. The molecule has 0 bridgehead atoms. The Balaban J connectivity index is 1.34. The smallest absolute Gasteiger partial charge is 0.231 e. The number of nitrogens with one attached hydrogen (secondary N) is 1. The van der Waals surface area contributed by atoms with Crippen LogP contribution in [-0.4, -0.2) is 26.4 Å². The SMILES string of the molecule is CC(NC(=O)CSc1nncn1Cc1ccco1)c1cc2ccccc2o1. The number of hydrogen-bond acceptors (Lipinski definition) is 6. The lowest BCUT2D eigenvalue weighted by atomic mass is 10.2. The van der Waals surface area contributed by atoms with Crippen molar-refractivity contribution < 1.29 is 13.6 Å². The zero-order chi connectivity index (χ0) is 18.6. The van der Waals surface area contributed by atoms with Gasteiger partial charge in [0.15, 0.2) is 5.16 Å². The predicted molar refractivity (Wildman–Crippen MR) is 101 cm³/mol. The molecule has 0 saturated carbocycles. The lowest BCUT2D eigenvalue weighted by Crippen LogP contribution is -2.28. The summed E-state index contributed by atoms with van der Waals surface area (Å²) in [6.07, 6.45) is 3.25. The minimum Gasteiger partial charge on any atom is -0.467 e. The Morgan fingerprint density at radius 1 is 1.30 bits per heavy atom. The van der Waals surface area contributed by atoms with Gasteiger partial charge in [0, 0.05) is 5.39 Å². The molecule has 0 aliphatic heterocycles. The highest BCUT2D eigenvalue weighted by Gasteiger charge is 2.15. The van der Waals surface area contributed by atoms with Crippen molar-refractivity contribution in [2.75, 3.05) is 5.75 Å². The number of amides is 1. The molecule has 1 N–H and O–H groups in total. The van der Waals surface area contributed by atoms with Crippen LogP contribution in [0.3, 0.4) is 0 Å². The second-order valence-corrected chi connectivity index (χ2v) is 7.03. The van der Waals surface area contributed by atoms with Gasteiger partial charge in [0.25, 0.3) is 0 Å². The lowest BCUT2D eigenvalue weighted by molar-refractivity contribution is -0.119. The first kappa shape index (κ1) is 17.4. The predicted octanol–water partition coefficient (Wildman–Crippen LogP) is 3.64. The Kier molecular flexibility index (Phi) is 4.97. The number of fused-ring (bicyclic) bond motifs is 1. The van der Waals surface area contributed by atoms with Crippen molar-refractivity contribution in [1.29, 1.82) is 0 Å². The fraction of sp³-hybridized carbons (Fsp3) is 0.211. The third-order valence-electron chi connectivity index (χ3n) is 4.07. The van der Waals surface area contributed by atoms with E-state index in [1.807, 2.05) is 54.0 Å². The number of benzene rings is 1. The Morgan fingerprint density at radius 3 is 3.00 bits per heavy atom. The van der Waals surface area contributed by atoms with Gasteiger partial charge in [-0.25, -0.2) is 0 Å². The van der Waals surface area contributed by atoms with Crippen LogP contribution in [0.4, 0.5) is 0 Å². The van der Waals surface area contributed by atoms with Gasteiger partial charge in [-0.1, -0.05) is 30.0 Å². The summed E-state index contributed by atoms with van der Waals surface area (Å²) >= 11 is 1.33. The van der Waals surface area contributed by atoms with Gasteiger partial charge < -0.3 is 18.7 Å². The number of hydrogen-bond donors (Lipinski definition) is 1. The van der Waals surface area contributed by atoms with E-state index in [4.69, 9.17) is 8.83 Å². The molecule has 8 heteroatoms. The van der Waals surface area contributed by atoms with Crippen LogP contribution < -0.4 is 5.32 Å². The largest absolute Gasteiger partial charge is 0.467 e. The average molecular weight is 382 g/mol. The number of carbonyl (C=O) groups is 1. The van der Waals surface area contributed by atoms with E-state index in [9.17, 15) is 4.79 Å². The number of aromatic nitrogens is 3. The van der Waals surface area contributed by atoms with Gasteiger partial charge >= 0.3 is 0 Å². The van der Waals surface area contributed by atoms with E-state index in [0.29, 0.717) is 11.7 Å². The van der Waals surface area contributed by atoms with Gasteiger partial charge in [-0.2, -0.15) is 0 Å². The zero-order valence-electron chi connectivity index (χ0n) is 14.7. The highest BCUT2D eigenvalue weighted by molar-refractivity contribution is 7.99. The van der Waals surface area contributed by atoms with Crippen LogP contribution in [0.1, 0.15) is 24.5 Å². The van der Waals surface area contributed by atoms with Crippen molar-refractivity contribution >= 4 is 28.6 Å². The number of nitrogens with zero attached hydrogens (tertiary/aromatic N) is 3. The molecule has 3 heterocycles. The third kappa shape index (κ3) is 4.06. The molecule has 1 atom stereocenters. The van der Waals surface area contributed by atoms with E-state index < -0.39 is 0 Å². The summed E-state index contributed by atoms with van der Waals surface area (Å²) in [5.74, 6) is 1.68. The highest BCUT2D eigenvalue weighted by Crippen LogP contribution is 2.24. The monoisotopic (exact) mass is 382 g/mol. The van der Waals surface area contributed by atoms with E-state index in [2.05, 4.69) is 15.5 Å². The van der Waals surface area contributed by atoms with Gasteiger partial charge in [-0.05, 0) is 31.2 Å². The van der Waals surface area contributed by atoms with E-state index in [1.54, 1.807) is 12.6 Å². The minimum absolute atomic E-state index is 0.0968. The highest BCUT2D eigenvalue weighted by atomic mass is 32.2. The molecule has 1 aromatic carbocycles. The second-order valence-electron chi connectivity index (χ2n) is 6.09. The fourth-order valence-corrected chi connectivity index (χ4v) is 3.46. The van der Waals surface area contributed by atoms with Crippen LogP contribution in [0.5, 0.6) is 0 Å². The molecule has 0 radical (unpaired) electrons. The van der Waals surface area contributed by atoms with Crippen LogP contribution in [0.25, 0.3) is 11.0 Å². The van der Waals surface area contributed by atoms with Crippen LogP contribution >= 0.6 is 11.8 Å². The quantitative estimate of drug-likeness (QED) is 0.491. The van der Waals surface area contributed by atoms with Crippen molar-refractivity contribution in [2.45, 2.75) is 24.7 Å². The number of furan rings is 2. The molecule has 27 heavy (non-hydrogen) atoms. The molecule has 4 aromatic rings. The van der Waals surface area contributed by atoms with E-state index in [1.165, 1.54) is 11.8 Å². The maximum absolute atomic E-state index is 12.3. The number of carbonyl (C=O) groups excluding carboxylic acids is 1. The van der Waals surface area contributed by atoms with E-state index in [-0.39, 0.29) is 17.7 Å². The Hall–Kier alpha value is -3.00. The summed E-state index contributed by atoms with van der Waals surface area (Å²) in [6.45, 7) is 2.43. The molecule has 0 aliphatic rings. The maximum atomic E-state index is 12.3. The standard InChI is InChI=1S/C19H18N4O3S/c1-13(17-9-14-5-2-3-7-16(14)26-17)21-18(24)11-27-19-22-20-12-23(19)10-15-6-4-8-25-15/h2-9,12-13H,10-11H2,1H3,(H,21,24). The summed E-state index contributed by atoms with van der Waals surface area (Å²) < 4.78 is 13.0. The Morgan fingerprint density at radius 2 is 2.19 bits per heavy atom. The van der Waals surface area contributed by atoms with Crippen molar-refractivity contribution in [3.05, 3.63) is 66.6 Å².